The average Bonchev–Trinajstić information content (AvgIpc) is 2.81. The number of carbonyl (C=O) groups is 1. The van der Waals surface area contributed by atoms with E-state index in [1.54, 1.807) is 0 Å². The molecule has 1 rings (SSSR count). The molecule has 0 aliphatic carbocycles. The van der Waals surface area contributed by atoms with Gasteiger partial charge in [0.2, 0.25) is 11.0 Å². The van der Waals surface area contributed by atoms with Crippen molar-refractivity contribution in [3.63, 3.8) is 0 Å². The van der Waals surface area contributed by atoms with E-state index < -0.39 is 0 Å². The van der Waals surface area contributed by atoms with Gasteiger partial charge in [0.05, 0.1) is 13.1 Å². The first-order valence-corrected chi connectivity index (χ1v) is 7.84. The van der Waals surface area contributed by atoms with Gasteiger partial charge in [0.1, 0.15) is 5.01 Å². The number of rotatable bonds is 9. The molecule has 0 atom stereocenters. The summed E-state index contributed by atoms with van der Waals surface area (Å²) >= 11 is 1.54. The summed E-state index contributed by atoms with van der Waals surface area (Å²) < 4.78 is 0. The second-order valence-corrected chi connectivity index (χ2v) is 6.36. The predicted molar refractivity (Wildman–Crippen MR) is 82.9 cm³/mol. The summed E-state index contributed by atoms with van der Waals surface area (Å²) in [7, 11) is 1.91. The molecule has 0 aliphatic heterocycles. The SMILES string of the molecule is CCCNc1nnc(CN(C)CC(=O)NCC(C)C)s1. The zero-order valence-electron chi connectivity index (χ0n) is 12.8. The van der Waals surface area contributed by atoms with Crippen LogP contribution < -0.4 is 10.6 Å². The van der Waals surface area contributed by atoms with Crippen molar-refractivity contribution in [2.75, 3.05) is 32.0 Å². The van der Waals surface area contributed by atoms with E-state index in [2.05, 4.69) is 41.6 Å². The van der Waals surface area contributed by atoms with Crippen LogP contribution in [0.4, 0.5) is 5.13 Å². The lowest BCUT2D eigenvalue weighted by atomic mass is 10.2. The fraction of sp³-hybridized carbons (Fsp3) is 0.769. The maximum absolute atomic E-state index is 11.7. The normalized spacial score (nSPS) is 11.1. The molecule has 0 spiro atoms. The highest BCUT2D eigenvalue weighted by Gasteiger charge is 2.10. The third-order valence-corrected chi connectivity index (χ3v) is 3.38. The molecule has 0 saturated carbocycles. The van der Waals surface area contributed by atoms with Crippen LogP contribution in [0.1, 0.15) is 32.2 Å². The van der Waals surface area contributed by atoms with Gasteiger partial charge in [0.15, 0.2) is 0 Å². The van der Waals surface area contributed by atoms with Gasteiger partial charge in [-0.15, -0.1) is 10.2 Å². The van der Waals surface area contributed by atoms with Crippen LogP contribution in [-0.2, 0) is 11.3 Å². The Bertz CT molecular complexity index is 407. The summed E-state index contributed by atoms with van der Waals surface area (Å²) in [6.45, 7) is 8.91. The van der Waals surface area contributed by atoms with Gasteiger partial charge in [-0.1, -0.05) is 32.1 Å². The number of anilines is 1. The first kappa shape index (κ1) is 16.8. The topological polar surface area (TPSA) is 70.2 Å². The minimum atomic E-state index is 0.0510. The van der Waals surface area contributed by atoms with Crippen LogP contribution in [0.3, 0.4) is 0 Å². The molecule has 2 N–H and O–H groups in total. The van der Waals surface area contributed by atoms with Crippen LogP contribution in [0.5, 0.6) is 0 Å². The van der Waals surface area contributed by atoms with Crippen molar-refractivity contribution < 1.29 is 4.79 Å². The van der Waals surface area contributed by atoms with Crippen molar-refractivity contribution in [3.8, 4) is 0 Å². The number of hydrogen-bond acceptors (Lipinski definition) is 6. The quantitative estimate of drug-likeness (QED) is 0.724. The lowest BCUT2D eigenvalue weighted by Crippen LogP contribution is -2.36. The van der Waals surface area contributed by atoms with E-state index in [1.165, 1.54) is 11.3 Å². The van der Waals surface area contributed by atoms with Crippen molar-refractivity contribution in [2.45, 2.75) is 33.7 Å². The molecular weight excluding hydrogens is 274 g/mol. The predicted octanol–water partition coefficient (Wildman–Crippen LogP) is 1.56. The number of likely N-dealkylation sites (N-methyl/N-ethyl adjacent to an activating group) is 1. The molecule has 0 fully saturated rings. The fourth-order valence-corrected chi connectivity index (χ4v) is 2.37. The summed E-state index contributed by atoms with van der Waals surface area (Å²) in [6.07, 6.45) is 1.06. The minimum Gasteiger partial charge on any atom is -0.360 e. The molecular formula is C13H25N5OS. The molecule has 0 unspecified atom stereocenters. The molecule has 1 aromatic heterocycles. The van der Waals surface area contributed by atoms with E-state index in [0.717, 1.165) is 29.6 Å². The Morgan fingerprint density at radius 3 is 2.80 bits per heavy atom. The molecule has 0 aromatic carbocycles. The Balaban J connectivity index is 2.32. The van der Waals surface area contributed by atoms with Crippen LogP contribution in [-0.4, -0.2) is 47.7 Å². The molecule has 1 heterocycles. The van der Waals surface area contributed by atoms with E-state index in [-0.39, 0.29) is 5.91 Å². The van der Waals surface area contributed by atoms with E-state index in [9.17, 15) is 4.79 Å². The van der Waals surface area contributed by atoms with Gasteiger partial charge in [-0.2, -0.15) is 0 Å². The maximum Gasteiger partial charge on any atom is 0.234 e. The second kappa shape index (κ2) is 8.86. The van der Waals surface area contributed by atoms with E-state index in [4.69, 9.17) is 0 Å². The highest BCUT2D eigenvalue weighted by molar-refractivity contribution is 7.15. The summed E-state index contributed by atoms with van der Waals surface area (Å²) in [6, 6.07) is 0. The van der Waals surface area contributed by atoms with E-state index in [0.29, 0.717) is 19.0 Å². The summed E-state index contributed by atoms with van der Waals surface area (Å²) in [4.78, 5) is 13.6. The molecule has 1 amide bonds. The van der Waals surface area contributed by atoms with Gasteiger partial charge < -0.3 is 10.6 Å². The molecule has 7 heteroatoms. The molecule has 114 valence electrons. The number of amides is 1. The standard InChI is InChI=1S/C13H25N5OS/c1-5-6-14-13-17-16-12(20-13)9-18(4)8-11(19)15-7-10(2)3/h10H,5-9H2,1-4H3,(H,14,17)(H,15,19). The molecule has 0 radical (unpaired) electrons. The average molecular weight is 299 g/mol. The summed E-state index contributed by atoms with van der Waals surface area (Å²) in [5.41, 5.74) is 0. The molecule has 6 nitrogen and oxygen atoms in total. The zero-order valence-corrected chi connectivity index (χ0v) is 13.6. The van der Waals surface area contributed by atoms with Crippen LogP contribution >= 0.6 is 11.3 Å². The Morgan fingerprint density at radius 1 is 1.40 bits per heavy atom. The molecule has 20 heavy (non-hydrogen) atoms. The lowest BCUT2D eigenvalue weighted by Gasteiger charge is -2.15. The largest absolute Gasteiger partial charge is 0.360 e. The van der Waals surface area contributed by atoms with Crippen LogP contribution in [0, 0.1) is 5.92 Å². The van der Waals surface area contributed by atoms with Crippen LogP contribution in [0.25, 0.3) is 0 Å². The highest BCUT2D eigenvalue weighted by atomic mass is 32.1. The van der Waals surface area contributed by atoms with Crippen molar-refractivity contribution in [1.82, 2.24) is 20.4 Å². The van der Waals surface area contributed by atoms with Gasteiger partial charge in [-0.05, 0) is 19.4 Å². The number of nitrogens with one attached hydrogen (secondary N) is 2. The monoisotopic (exact) mass is 299 g/mol. The number of hydrogen-bond donors (Lipinski definition) is 2. The first-order chi connectivity index (χ1) is 9.51. The molecule has 0 aliphatic rings. The maximum atomic E-state index is 11.7. The smallest absolute Gasteiger partial charge is 0.234 e. The Morgan fingerprint density at radius 2 is 2.15 bits per heavy atom. The minimum absolute atomic E-state index is 0.0510. The number of aromatic nitrogens is 2. The van der Waals surface area contributed by atoms with E-state index in [1.807, 2.05) is 11.9 Å². The van der Waals surface area contributed by atoms with Crippen LogP contribution in [0.2, 0.25) is 0 Å². The van der Waals surface area contributed by atoms with Gasteiger partial charge in [-0.3, -0.25) is 9.69 Å². The third-order valence-electron chi connectivity index (χ3n) is 2.52. The van der Waals surface area contributed by atoms with E-state index >= 15 is 0 Å². The molecule has 0 bridgehead atoms. The Labute approximate surface area is 125 Å². The first-order valence-electron chi connectivity index (χ1n) is 7.02. The van der Waals surface area contributed by atoms with Gasteiger partial charge in [0.25, 0.3) is 0 Å². The van der Waals surface area contributed by atoms with Crippen molar-refractivity contribution >= 4 is 22.4 Å². The Kier molecular flexibility index (Phi) is 7.46. The van der Waals surface area contributed by atoms with Crippen LogP contribution in [0.15, 0.2) is 0 Å². The zero-order chi connectivity index (χ0) is 15.0. The fourth-order valence-electron chi connectivity index (χ4n) is 1.53. The summed E-state index contributed by atoms with van der Waals surface area (Å²) in [5, 5.41) is 16.1. The third kappa shape index (κ3) is 6.81. The van der Waals surface area contributed by atoms with Crippen molar-refractivity contribution in [3.05, 3.63) is 5.01 Å². The number of nitrogens with zero attached hydrogens (tertiary/aromatic N) is 3. The molecule has 0 saturated heterocycles. The summed E-state index contributed by atoms with van der Waals surface area (Å²) in [5.74, 6) is 0.523. The number of carbonyl (C=O) groups excluding carboxylic acids is 1. The Hall–Kier alpha value is -1.21. The highest BCUT2D eigenvalue weighted by Crippen LogP contribution is 2.16. The lowest BCUT2D eigenvalue weighted by molar-refractivity contribution is -0.122. The van der Waals surface area contributed by atoms with Gasteiger partial charge >= 0.3 is 0 Å². The van der Waals surface area contributed by atoms with Gasteiger partial charge in [0, 0.05) is 13.1 Å². The second-order valence-electron chi connectivity index (χ2n) is 5.30. The van der Waals surface area contributed by atoms with Crippen molar-refractivity contribution in [1.29, 1.82) is 0 Å². The van der Waals surface area contributed by atoms with Crippen molar-refractivity contribution in [2.24, 2.45) is 5.92 Å². The molecule has 1 aromatic rings. The van der Waals surface area contributed by atoms with Gasteiger partial charge in [-0.25, -0.2) is 0 Å².